The summed E-state index contributed by atoms with van der Waals surface area (Å²) in [5.41, 5.74) is 12.9. The standard InChI is InChI=1S/C45H33N3O/c1-3-13-29(14-4-1)42-46-43(48-44(47-42)32-23-24-40-37(28-32)35-18-6-8-22-39(35)49-40)31-16-11-15-30(27-31)33-19-12-20-36-34-17-5-7-21-38(34)45(41(33)36)25-9-2-10-26-45/h1,3-8,11-24,27-28H,2,9-10,25-26H2. The van der Waals surface area contributed by atoms with E-state index in [0.717, 1.165) is 38.6 Å². The van der Waals surface area contributed by atoms with Crippen molar-refractivity contribution >= 4 is 21.9 Å². The van der Waals surface area contributed by atoms with Crippen LogP contribution < -0.4 is 0 Å². The van der Waals surface area contributed by atoms with Crippen LogP contribution in [0.1, 0.15) is 43.2 Å². The van der Waals surface area contributed by atoms with Crippen molar-refractivity contribution in [1.82, 2.24) is 15.0 Å². The highest BCUT2D eigenvalue weighted by atomic mass is 16.3. The van der Waals surface area contributed by atoms with Gasteiger partial charge in [-0.25, -0.2) is 15.0 Å². The second-order valence-corrected chi connectivity index (χ2v) is 13.5. The minimum absolute atomic E-state index is 0.0630. The molecule has 0 saturated heterocycles. The SMILES string of the molecule is c1ccc(-c2nc(-c3cccc(-c4cccc5c4C4(CCCCC4)c4ccccc4-5)c3)nc(-c3ccc4oc5ccccc5c4c3)n2)cc1. The lowest BCUT2D eigenvalue weighted by atomic mass is 9.66. The summed E-state index contributed by atoms with van der Waals surface area (Å²) in [6.07, 6.45) is 6.23. The van der Waals surface area contributed by atoms with Gasteiger partial charge in [-0.15, -0.1) is 0 Å². The fourth-order valence-corrected chi connectivity index (χ4v) is 8.52. The lowest BCUT2D eigenvalue weighted by Gasteiger charge is -2.37. The second-order valence-electron chi connectivity index (χ2n) is 13.5. The summed E-state index contributed by atoms with van der Waals surface area (Å²) in [7, 11) is 0. The summed E-state index contributed by atoms with van der Waals surface area (Å²) in [6, 6.07) is 49.3. The van der Waals surface area contributed by atoms with Crippen molar-refractivity contribution < 1.29 is 4.42 Å². The van der Waals surface area contributed by atoms with Gasteiger partial charge < -0.3 is 4.42 Å². The fourth-order valence-electron chi connectivity index (χ4n) is 8.52. The third-order valence-corrected chi connectivity index (χ3v) is 10.7. The van der Waals surface area contributed by atoms with Crippen molar-refractivity contribution in [3.05, 3.63) is 151 Å². The maximum atomic E-state index is 6.13. The Labute approximate surface area is 285 Å². The van der Waals surface area contributed by atoms with Gasteiger partial charge in [0.25, 0.3) is 0 Å². The van der Waals surface area contributed by atoms with Crippen LogP contribution in [0.15, 0.2) is 144 Å². The first-order valence-corrected chi connectivity index (χ1v) is 17.3. The second kappa shape index (κ2) is 11.1. The molecule has 0 radical (unpaired) electrons. The third-order valence-electron chi connectivity index (χ3n) is 10.7. The van der Waals surface area contributed by atoms with E-state index >= 15 is 0 Å². The van der Waals surface area contributed by atoms with Gasteiger partial charge in [0, 0.05) is 32.9 Å². The molecule has 10 rings (SSSR count). The van der Waals surface area contributed by atoms with Gasteiger partial charge in [-0.1, -0.05) is 128 Å². The van der Waals surface area contributed by atoms with E-state index in [9.17, 15) is 0 Å². The van der Waals surface area contributed by atoms with Crippen LogP contribution in [0.4, 0.5) is 0 Å². The molecule has 49 heavy (non-hydrogen) atoms. The van der Waals surface area contributed by atoms with E-state index in [-0.39, 0.29) is 5.41 Å². The van der Waals surface area contributed by atoms with Crippen LogP contribution in [-0.4, -0.2) is 15.0 Å². The first-order chi connectivity index (χ1) is 24.2. The van der Waals surface area contributed by atoms with E-state index < -0.39 is 0 Å². The highest BCUT2D eigenvalue weighted by Gasteiger charge is 2.45. The molecule has 8 aromatic rings. The monoisotopic (exact) mass is 631 g/mol. The molecule has 0 aliphatic heterocycles. The smallest absolute Gasteiger partial charge is 0.164 e. The average Bonchev–Trinajstić information content (AvgIpc) is 3.68. The predicted molar refractivity (Wildman–Crippen MR) is 198 cm³/mol. The van der Waals surface area contributed by atoms with Crippen LogP contribution in [0.3, 0.4) is 0 Å². The number of para-hydroxylation sites is 1. The molecule has 0 bridgehead atoms. The molecule has 0 amide bonds. The fraction of sp³-hybridized carbons (Fsp3) is 0.133. The van der Waals surface area contributed by atoms with E-state index in [0.29, 0.717) is 17.5 Å². The van der Waals surface area contributed by atoms with E-state index in [1.165, 1.54) is 65.5 Å². The van der Waals surface area contributed by atoms with E-state index in [2.05, 4.69) is 91.0 Å². The first kappa shape index (κ1) is 28.2. The molecule has 1 saturated carbocycles. The van der Waals surface area contributed by atoms with E-state index in [4.69, 9.17) is 19.4 Å². The first-order valence-electron chi connectivity index (χ1n) is 17.3. The molecule has 2 heterocycles. The van der Waals surface area contributed by atoms with Crippen molar-refractivity contribution in [2.45, 2.75) is 37.5 Å². The van der Waals surface area contributed by atoms with E-state index in [1.807, 2.05) is 48.5 Å². The Morgan fingerprint density at radius 1 is 0.429 bits per heavy atom. The molecule has 0 unspecified atom stereocenters. The van der Waals surface area contributed by atoms with Crippen LogP contribution in [0.25, 0.3) is 78.4 Å². The Hall–Kier alpha value is -5.87. The van der Waals surface area contributed by atoms with Crippen molar-refractivity contribution in [2.75, 3.05) is 0 Å². The Morgan fingerprint density at radius 3 is 1.90 bits per heavy atom. The number of aromatic nitrogens is 3. The minimum atomic E-state index is 0.0630. The van der Waals surface area contributed by atoms with Gasteiger partial charge in [0.2, 0.25) is 0 Å². The van der Waals surface area contributed by atoms with Gasteiger partial charge in [0.15, 0.2) is 17.5 Å². The normalized spacial score (nSPS) is 14.7. The predicted octanol–water partition coefficient (Wildman–Crippen LogP) is 11.7. The van der Waals surface area contributed by atoms with Crippen LogP contribution in [0.2, 0.25) is 0 Å². The summed E-state index contributed by atoms with van der Waals surface area (Å²) < 4.78 is 6.13. The summed E-state index contributed by atoms with van der Waals surface area (Å²) in [5.74, 6) is 1.95. The van der Waals surface area contributed by atoms with Crippen molar-refractivity contribution in [3.63, 3.8) is 0 Å². The van der Waals surface area contributed by atoms with Crippen molar-refractivity contribution in [3.8, 4) is 56.4 Å². The summed E-state index contributed by atoms with van der Waals surface area (Å²) in [5, 5.41) is 2.13. The quantitative estimate of drug-likeness (QED) is 0.194. The van der Waals surface area contributed by atoms with Crippen molar-refractivity contribution in [1.29, 1.82) is 0 Å². The number of nitrogens with zero attached hydrogens (tertiary/aromatic N) is 3. The lowest BCUT2D eigenvalue weighted by Crippen LogP contribution is -2.28. The number of hydrogen-bond donors (Lipinski definition) is 0. The molecule has 4 nitrogen and oxygen atoms in total. The zero-order valence-corrected chi connectivity index (χ0v) is 27.1. The lowest BCUT2D eigenvalue weighted by molar-refractivity contribution is 0.353. The van der Waals surface area contributed by atoms with Gasteiger partial charge >= 0.3 is 0 Å². The molecule has 2 aliphatic carbocycles. The van der Waals surface area contributed by atoms with Crippen molar-refractivity contribution in [2.24, 2.45) is 0 Å². The van der Waals surface area contributed by atoms with Crippen LogP contribution in [0.5, 0.6) is 0 Å². The van der Waals surface area contributed by atoms with E-state index in [1.54, 1.807) is 0 Å². The molecule has 0 N–H and O–H groups in total. The Morgan fingerprint density at radius 2 is 1.04 bits per heavy atom. The molecule has 6 aromatic carbocycles. The highest BCUT2D eigenvalue weighted by Crippen LogP contribution is 2.58. The number of hydrogen-bond acceptors (Lipinski definition) is 4. The van der Waals surface area contributed by atoms with Gasteiger partial charge in [0.05, 0.1) is 0 Å². The van der Waals surface area contributed by atoms with Gasteiger partial charge in [-0.2, -0.15) is 0 Å². The van der Waals surface area contributed by atoms with Gasteiger partial charge in [-0.3, -0.25) is 0 Å². The van der Waals surface area contributed by atoms with Gasteiger partial charge in [-0.05, 0) is 76.6 Å². The molecule has 2 aliphatic rings. The molecule has 0 atom stereocenters. The number of benzene rings is 6. The average molecular weight is 632 g/mol. The molecular weight excluding hydrogens is 599 g/mol. The number of furan rings is 1. The van der Waals surface area contributed by atoms with Crippen LogP contribution in [0, 0.1) is 0 Å². The van der Waals surface area contributed by atoms with Crippen LogP contribution in [-0.2, 0) is 5.41 Å². The number of fused-ring (bicyclic) bond motifs is 8. The maximum Gasteiger partial charge on any atom is 0.164 e. The minimum Gasteiger partial charge on any atom is -0.456 e. The highest BCUT2D eigenvalue weighted by molar-refractivity contribution is 6.06. The molecule has 1 spiro atoms. The molecule has 1 fully saturated rings. The number of rotatable bonds is 4. The summed E-state index contributed by atoms with van der Waals surface area (Å²) >= 11 is 0. The maximum absolute atomic E-state index is 6.13. The zero-order valence-electron chi connectivity index (χ0n) is 27.1. The largest absolute Gasteiger partial charge is 0.456 e. The zero-order chi connectivity index (χ0) is 32.4. The molecule has 234 valence electrons. The topological polar surface area (TPSA) is 51.8 Å². The Balaban J connectivity index is 1.14. The summed E-state index contributed by atoms with van der Waals surface area (Å²) in [4.78, 5) is 15.3. The Kier molecular flexibility index (Phi) is 6.38. The van der Waals surface area contributed by atoms with Crippen LogP contribution >= 0.6 is 0 Å². The molecular formula is C45H33N3O. The van der Waals surface area contributed by atoms with Gasteiger partial charge in [0.1, 0.15) is 11.2 Å². The molecule has 2 aromatic heterocycles. The third kappa shape index (κ3) is 4.48. The summed E-state index contributed by atoms with van der Waals surface area (Å²) in [6.45, 7) is 0. The Bertz CT molecular complexity index is 2540. The molecule has 4 heteroatoms.